The maximum absolute atomic E-state index is 11.7. The number of aryl methyl sites for hydroxylation is 1. The molecule has 1 aromatic heterocycles. The normalized spacial score (nSPS) is 12.2. The Morgan fingerprint density at radius 2 is 2.00 bits per heavy atom. The van der Waals surface area contributed by atoms with Crippen molar-refractivity contribution in [1.29, 1.82) is 0 Å². The van der Waals surface area contributed by atoms with E-state index in [4.69, 9.17) is 5.11 Å². The lowest BCUT2D eigenvalue weighted by Gasteiger charge is -2.23. The number of amides is 1. The van der Waals surface area contributed by atoms with Gasteiger partial charge in [0.2, 0.25) is 5.91 Å². The number of carbonyl (C=O) groups excluding carboxylic acids is 1. The van der Waals surface area contributed by atoms with Crippen LogP contribution in [-0.4, -0.2) is 33.9 Å². The number of nitrogens with zero attached hydrogens (tertiary/aromatic N) is 2. The smallest absolute Gasteiger partial charge is 0.241 e. The fourth-order valence-corrected chi connectivity index (χ4v) is 2.70. The van der Waals surface area contributed by atoms with Gasteiger partial charge >= 0.3 is 0 Å². The van der Waals surface area contributed by atoms with Gasteiger partial charge in [-0.3, -0.25) is 9.48 Å². The van der Waals surface area contributed by atoms with Gasteiger partial charge in [0.1, 0.15) is 6.54 Å². The summed E-state index contributed by atoms with van der Waals surface area (Å²) in [5, 5.41) is 19.1. The minimum absolute atomic E-state index is 0.0649. The molecule has 25 heavy (non-hydrogen) atoms. The Hall–Kier alpha value is -2.34. The first-order chi connectivity index (χ1) is 12.0. The number of hydrogen-bond donors (Lipinski definition) is 3. The molecule has 0 bridgehead atoms. The second-order valence-corrected chi connectivity index (χ2v) is 6.46. The van der Waals surface area contributed by atoms with Gasteiger partial charge in [0, 0.05) is 12.7 Å². The Labute approximate surface area is 149 Å². The number of aliphatic hydroxyl groups is 1. The van der Waals surface area contributed by atoms with Crippen molar-refractivity contribution in [2.45, 2.75) is 39.8 Å². The minimum Gasteiger partial charge on any atom is -0.395 e. The minimum atomic E-state index is -0.167. The summed E-state index contributed by atoms with van der Waals surface area (Å²) in [4.78, 5) is 11.7. The number of aliphatic hydroxyl groups excluding tert-OH is 1. The van der Waals surface area contributed by atoms with Crippen molar-refractivity contribution in [3.05, 3.63) is 47.8 Å². The Morgan fingerprint density at radius 1 is 1.28 bits per heavy atom. The predicted octanol–water partition coefficient (Wildman–Crippen LogP) is 2.36. The van der Waals surface area contributed by atoms with E-state index in [1.165, 1.54) is 11.1 Å². The molecule has 2 rings (SSSR count). The van der Waals surface area contributed by atoms with Crippen LogP contribution in [0.2, 0.25) is 0 Å². The quantitative estimate of drug-likeness (QED) is 0.652. The number of benzene rings is 1. The first-order valence-corrected chi connectivity index (χ1v) is 8.78. The molecule has 2 aromatic rings. The fourth-order valence-electron chi connectivity index (χ4n) is 2.70. The van der Waals surface area contributed by atoms with Crippen LogP contribution in [0.25, 0.3) is 0 Å². The molecule has 136 valence electrons. The van der Waals surface area contributed by atoms with Crippen LogP contribution in [-0.2, 0) is 17.8 Å². The zero-order valence-corrected chi connectivity index (χ0v) is 15.2. The predicted molar refractivity (Wildman–Crippen MR) is 99.3 cm³/mol. The Bertz CT molecular complexity index is 664. The van der Waals surface area contributed by atoms with Crippen molar-refractivity contribution in [3.63, 3.8) is 0 Å². The van der Waals surface area contributed by atoms with Crippen LogP contribution < -0.4 is 10.6 Å². The highest BCUT2D eigenvalue weighted by atomic mass is 16.3. The average molecular weight is 344 g/mol. The molecule has 3 N–H and O–H groups in total. The molecule has 6 nitrogen and oxygen atoms in total. The summed E-state index contributed by atoms with van der Waals surface area (Å²) in [6, 6.07) is 8.85. The molecule has 0 aliphatic rings. The van der Waals surface area contributed by atoms with E-state index in [0.29, 0.717) is 5.92 Å². The van der Waals surface area contributed by atoms with Crippen LogP contribution in [0.1, 0.15) is 37.9 Å². The van der Waals surface area contributed by atoms with Gasteiger partial charge in [-0.1, -0.05) is 45.0 Å². The van der Waals surface area contributed by atoms with E-state index >= 15 is 0 Å². The van der Waals surface area contributed by atoms with Gasteiger partial charge in [-0.2, -0.15) is 5.10 Å². The van der Waals surface area contributed by atoms with Crippen LogP contribution in [0.5, 0.6) is 0 Å². The van der Waals surface area contributed by atoms with E-state index in [1.54, 1.807) is 10.9 Å². The number of aromatic nitrogens is 2. The SMILES string of the molecule is CCc1ccc(C(Nc2cnn(CC(=O)NCCO)c2)C(C)C)cc1. The van der Waals surface area contributed by atoms with Gasteiger partial charge in [-0.25, -0.2) is 0 Å². The third-order valence-electron chi connectivity index (χ3n) is 4.11. The molecular formula is C19H28N4O2. The average Bonchev–Trinajstić information content (AvgIpc) is 3.04. The van der Waals surface area contributed by atoms with Gasteiger partial charge in [0.05, 0.1) is 24.5 Å². The van der Waals surface area contributed by atoms with E-state index in [2.05, 4.69) is 60.8 Å². The lowest BCUT2D eigenvalue weighted by atomic mass is 9.95. The van der Waals surface area contributed by atoms with E-state index in [-0.39, 0.29) is 31.6 Å². The highest BCUT2D eigenvalue weighted by molar-refractivity contribution is 5.75. The zero-order valence-electron chi connectivity index (χ0n) is 15.2. The molecule has 1 atom stereocenters. The third kappa shape index (κ3) is 5.60. The van der Waals surface area contributed by atoms with E-state index in [0.717, 1.165) is 12.1 Å². The van der Waals surface area contributed by atoms with Gasteiger partial charge in [0.25, 0.3) is 0 Å². The number of carbonyl (C=O) groups is 1. The maximum Gasteiger partial charge on any atom is 0.241 e. The van der Waals surface area contributed by atoms with Crippen molar-refractivity contribution >= 4 is 11.6 Å². The lowest BCUT2D eigenvalue weighted by Crippen LogP contribution is -2.30. The molecule has 1 heterocycles. The van der Waals surface area contributed by atoms with E-state index in [9.17, 15) is 4.79 Å². The molecule has 1 aromatic carbocycles. The molecule has 6 heteroatoms. The summed E-state index contributed by atoms with van der Waals surface area (Å²) in [6.45, 7) is 6.84. The van der Waals surface area contributed by atoms with E-state index < -0.39 is 0 Å². The summed E-state index contributed by atoms with van der Waals surface area (Å²) in [5.41, 5.74) is 3.45. The summed E-state index contributed by atoms with van der Waals surface area (Å²) in [7, 11) is 0. The maximum atomic E-state index is 11.7. The molecule has 0 spiro atoms. The van der Waals surface area contributed by atoms with Gasteiger partial charge < -0.3 is 15.7 Å². The molecular weight excluding hydrogens is 316 g/mol. The van der Waals surface area contributed by atoms with Crippen LogP contribution in [0, 0.1) is 5.92 Å². The summed E-state index contributed by atoms with van der Waals surface area (Å²) < 4.78 is 1.59. The second kappa shape index (κ2) is 9.22. The first kappa shape index (κ1) is 19.0. The lowest BCUT2D eigenvalue weighted by molar-refractivity contribution is -0.122. The largest absolute Gasteiger partial charge is 0.395 e. The number of anilines is 1. The van der Waals surface area contributed by atoms with Gasteiger partial charge in [-0.15, -0.1) is 0 Å². The summed E-state index contributed by atoms with van der Waals surface area (Å²) in [5.74, 6) is 0.239. The second-order valence-electron chi connectivity index (χ2n) is 6.46. The molecule has 1 amide bonds. The highest BCUT2D eigenvalue weighted by Gasteiger charge is 2.16. The zero-order chi connectivity index (χ0) is 18.2. The first-order valence-electron chi connectivity index (χ1n) is 8.78. The molecule has 0 radical (unpaired) electrons. The number of rotatable bonds is 9. The topological polar surface area (TPSA) is 79.2 Å². The highest BCUT2D eigenvalue weighted by Crippen LogP contribution is 2.26. The monoisotopic (exact) mass is 344 g/mol. The van der Waals surface area contributed by atoms with Crippen LogP contribution in [0.3, 0.4) is 0 Å². The molecule has 0 aliphatic carbocycles. The van der Waals surface area contributed by atoms with E-state index in [1.807, 2.05) is 6.20 Å². The summed E-state index contributed by atoms with van der Waals surface area (Å²) >= 11 is 0. The molecule has 0 aliphatic heterocycles. The van der Waals surface area contributed by atoms with Crippen molar-refractivity contribution in [2.75, 3.05) is 18.5 Å². The van der Waals surface area contributed by atoms with Crippen LogP contribution in [0.15, 0.2) is 36.7 Å². The summed E-state index contributed by atoms with van der Waals surface area (Å²) in [6.07, 6.45) is 4.59. The van der Waals surface area contributed by atoms with Gasteiger partial charge in [-0.05, 0) is 23.5 Å². The molecule has 0 saturated heterocycles. The van der Waals surface area contributed by atoms with Crippen molar-refractivity contribution < 1.29 is 9.90 Å². The van der Waals surface area contributed by atoms with Crippen molar-refractivity contribution in [1.82, 2.24) is 15.1 Å². The Kier molecular flexibility index (Phi) is 7.01. The Morgan fingerprint density at radius 3 is 2.60 bits per heavy atom. The standard InChI is InChI=1S/C19H28N4O2/c1-4-15-5-7-16(8-6-15)19(14(2)3)22-17-11-21-23(12-17)13-18(25)20-9-10-24/h5-8,11-12,14,19,22,24H,4,9-10,13H2,1-3H3,(H,20,25). The van der Waals surface area contributed by atoms with Crippen molar-refractivity contribution in [3.8, 4) is 0 Å². The molecule has 1 unspecified atom stereocenters. The van der Waals surface area contributed by atoms with Crippen LogP contribution >= 0.6 is 0 Å². The van der Waals surface area contributed by atoms with Crippen molar-refractivity contribution in [2.24, 2.45) is 5.92 Å². The third-order valence-corrected chi connectivity index (χ3v) is 4.11. The fraction of sp³-hybridized carbons (Fsp3) is 0.474. The number of nitrogens with one attached hydrogen (secondary N) is 2. The van der Waals surface area contributed by atoms with Crippen LogP contribution in [0.4, 0.5) is 5.69 Å². The molecule has 0 saturated carbocycles. The van der Waals surface area contributed by atoms with Gasteiger partial charge in [0.15, 0.2) is 0 Å². The number of hydrogen-bond acceptors (Lipinski definition) is 4. The molecule has 0 fully saturated rings. The Balaban J connectivity index is 2.03.